The van der Waals surface area contributed by atoms with Crippen molar-refractivity contribution in [2.75, 3.05) is 0 Å². The number of nitrogens with one attached hydrogen (secondary N) is 1. The van der Waals surface area contributed by atoms with Gasteiger partial charge in [0.15, 0.2) is 0 Å². The van der Waals surface area contributed by atoms with Gasteiger partial charge in [-0.1, -0.05) is 6.07 Å². The minimum Gasteiger partial charge on any atom is -0.292 e. The van der Waals surface area contributed by atoms with E-state index in [1.807, 2.05) is 17.5 Å². The first-order valence-corrected chi connectivity index (χ1v) is 4.72. The number of hydrogen-bond acceptors (Lipinski definition) is 3. The molecule has 2 rings (SSSR count). The quantitative estimate of drug-likeness (QED) is 0.537. The van der Waals surface area contributed by atoms with Crippen molar-refractivity contribution in [3.8, 4) is 0 Å². The molecule has 1 saturated heterocycles. The van der Waals surface area contributed by atoms with E-state index in [0.717, 1.165) is 4.88 Å². The molecule has 0 aromatic carbocycles. The van der Waals surface area contributed by atoms with Crippen molar-refractivity contribution >= 4 is 29.2 Å². The highest BCUT2D eigenvalue weighted by Gasteiger charge is 2.23. The fourth-order valence-electron chi connectivity index (χ4n) is 1.17. The van der Waals surface area contributed by atoms with Gasteiger partial charge in [-0.3, -0.25) is 14.9 Å². The predicted molar refractivity (Wildman–Crippen MR) is 50.1 cm³/mol. The zero-order valence-corrected chi connectivity index (χ0v) is 7.56. The Kier molecular flexibility index (Phi) is 1.98. The molecule has 0 bridgehead atoms. The summed E-state index contributed by atoms with van der Waals surface area (Å²) in [6.45, 7) is 0. The second kappa shape index (κ2) is 3.14. The van der Waals surface area contributed by atoms with E-state index in [-0.39, 0.29) is 18.2 Å². The van der Waals surface area contributed by atoms with E-state index in [2.05, 4.69) is 5.32 Å². The normalized spacial score (nSPS) is 19.5. The van der Waals surface area contributed by atoms with E-state index >= 15 is 0 Å². The van der Waals surface area contributed by atoms with Gasteiger partial charge in [-0.25, -0.2) is 0 Å². The van der Waals surface area contributed by atoms with Crippen LogP contribution >= 0.6 is 11.3 Å². The summed E-state index contributed by atoms with van der Waals surface area (Å²) in [7, 11) is 0. The maximum absolute atomic E-state index is 11.1. The van der Waals surface area contributed by atoms with Crippen molar-refractivity contribution in [1.82, 2.24) is 5.32 Å². The van der Waals surface area contributed by atoms with Crippen LogP contribution in [0.1, 0.15) is 11.3 Å². The lowest BCUT2D eigenvalue weighted by Gasteiger charge is -1.88. The molecule has 0 saturated carbocycles. The molecule has 13 heavy (non-hydrogen) atoms. The van der Waals surface area contributed by atoms with Gasteiger partial charge in [0.05, 0.1) is 6.42 Å². The average Bonchev–Trinajstić information content (AvgIpc) is 2.63. The van der Waals surface area contributed by atoms with Crippen LogP contribution in [-0.2, 0) is 9.59 Å². The molecule has 1 aromatic rings. The average molecular weight is 193 g/mol. The number of hydrogen-bond donors (Lipinski definition) is 1. The molecule has 1 aliphatic rings. The Morgan fingerprint density at radius 3 is 2.85 bits per heavy atom. The molecule has 0 atom stereocenters. The number of thiophene rings is 1. The molecule has 1 N–H and O–H groups in total. The molecule has 3 nitrogen and oxygen atoms in total. The summed E-state index contributed by atoms with van der Waals surface area (Å²) in [5.74, 6) is -0.480. The summed E-state index contributed by atoms with van der Waals surface area (Å²) in [4.78, 5) is 22.9. The predicted octanol–water partition coefficient (Wildman–Crippen LogP) is 1.18. The Morgan fingerprint density at radius 2 is 2.31 bits per heavy atom. The molecule has 0 unspecified atom stereocenters. The third-order valence-corrected chi connectivity index (χ3v) is 2.57. The number of carbonyl (C=O) groups is 2. The molecule has 1 fully saturated rings. The second-order valence-electron chi connectivity index (χ2n) is 2.74. The maximum Gasteiger partial charge on any atom is 0.254 e. The van der Waals surface area contributed by atoms with Crippen molar-refractivity contribution in [3.63, 3.8) is 0 Å². The number of imide groups is 1. The van der Waals surface area contributed by atoms with Crippen molar-refractivity contribution in [1.29, 1.82) is 0 Å². The van der Waals surface area contributed by atoms with Crippen LogP contribution in [0.15, 0.2) is 23.1 Å². The minimum absolute atomic E-state index is 0.205. The van der Waals surface area contributed by atoms with Gasteiger partial charge in [-0.15, -0.1) is 11.3 Å². The first kappa shape index (κ1) is 8.19. The number of rotatable bonds is 1. The van der Waals surface area contributed by atoms with Crippen LogP contribution in [0, 0.1) is 0 Å². The molecular formula is C9H7NO2S. The summed E-state index contributed by atoms with van der Waals surface area (Å²) < 4.78 is 0. The van der Waals surface area contributed by atoms with Gasteiger partial charge in [-0.2, -0.15) is 0 Å². The Hall–Kier alpha value is -1.42. The SMILES string of the molecule is O=C1CC(=Cc2cccs2)C(=O)N1. The van der Waals surface area contributed by atoms with Crippen LogP contribution in [0.3, 0.4) is 0 Å². The van der Waals surface area contributed by atoms with Crippen LogP contribution in [0.4, 0.5) is 0 Å². The summed E-state index contributed by atoms with van der Waals surface area (Å²) in [6.07, 6.45) is 1.96. The van der Waals surface area contributed by atoms with Gasteiger partial charge < -0.3 is 0 Å². The van der Waals surface area contributed by atoms with Crippen molar-refractivity contribution in [2.24, 2.45) is 0 Å². The zero-order chi connectivity index (χ0) is 9.26. The van der Waals surface area contributed by atoms with E-state index < -0.39 is 0 Å². The monoisotopic (exact) mass is 193 g/mol. The van der Waals surface area contributed by atoms with E-state index in [1.54, 1.807) is 17.4 Å². The Bertz CT molecular complexity index is 378. The van der Waals surface area contributed by atoms with Crippen LogP contribution in [-0.4, -0.2) is 11.8 Å². The molecule has 1 aromatic heterocycles. The minimum atomic E-state index is -0.265. The highest BCUT2D eigenvalue weighted by atomic mass is 32.1. The zero-order valence-electron chi connectivity index (χ0n) is 6.74. The van der Waals surface area contributed by atoms with Crippen LogP contribution in [0.5, 0.6) is 0 Å². The van der Waals surface area contributed by atoms with E-state index in [4.69, 9.17) is 0 Å². The molecule has 0 aliphatic carbocycles. The van der Waals surface area contributed by atoms with E-state index in [1.165, 1.54) is 0 Å². The van der Waals surface area contributed by atoms with Gasteiger partial charge in [-0.05, 0) is 17.5 Å². The lowest BCUT2D eigenvalue weighted by atomic mass is 10.2. The fraction of sp³-hybridized carbons (Fsp3) is 0.111. The lowest BCUT2D eigenvalue weighted by molar-refractivity contribution is -0.124. The smallest absolute Gasteiger partial charge is 0.254 e. The maximum atomic E-state index is 11.1. The van der Waals surface area contributed by atoms with Crippen LogP contribution < -0.4 is 5.32 Å². The summed E-state index contributed by atoms with van der Waals surface area (Å²) in [5, 5.41) is 4.17. The van der Waals surface area contributed by atoms with Gasteiger partial charge in [0.25, 0.3) is 5.91 Å². The first-order chi connectivity index (χ1) is 6.25. The summed E-state index contributed by atoms with van der Waals surface area (Å²) in [6, 6.07) is 3.82. The van der Waals surface area contributed by atoms with Crippen LogP contribution in [0.25, 0.3) is 6.08 Å². The van der Waals surface area contributed by atoms with Gasteiger partial charge in [0.1, 0.15) is 0 Å². The van der Waals surface area contributed by atoms with Crippen LogP contribution in [0.2, 0.25) is 0 Å². The number of amides is 2. The highest BCUT2D eigenvalue weighted by Crippen LogP contribution is 2.17. The third kappa shape index (κ3) is 1.67. The summed E-state index contributed by atoms with van der Waals surface area (Å²) in [5.41, 5.74) is 0.549. The molecule has 4 heteroatoms. The fourth-order valence-corrected chi connectivity index (χ4v) is 1.85. The lowest BCUT2D eigenvalue weighted by Crippen LogP contribution is -2.19. The van der Waals surface area contributed by atoms with Gasteiger partial charge in [0.2, 0.25) is 5.91 Å². The standard InChI is InChI=1S/C9H7NO2S/c11-8-5-6(9(12)10-8)4-7-2-1-3-13-7/h1-4H,5H2,(H,10,11,12). The van der Waals surface area contributed by atoms with E-state index in [9.17, 15) is 9.59 Å². The Balaban J connectivity index is 2.27. The molecule has 0 radical (unpaired) electrons. The molecule has 66 valence electrons. The number of carbonyl (C=O) groups excluding carboxylic acids is 2. The summed E-state index contributed by atoms with van der Waals surface area (Å²) >= 11 is 1.55. The topological polar surface area (TPSA) is 46.2 Å². The Morgan fingerprint density at radius 1 is 1.46 bits per heavy atom. The molecule has 0 spiro atoms. The van der Waals surface area contributed by atoms with Crippen molar-refractivity contribution < 1.29 is 9.59 Å². The van der Waals surface area contributed by atoms with Crippen molar-refractivity contribution in [3.05, 3.63) is 28.0 Å². The van der Waals surface area contributed by atoms with Gasteiger partial charge >= 0.3 is 0 Å². The molecule has 1 aliphatic heterocycles. The highest BCUT2D eigenvalue weighted by molar-refractivity contribution is 7.10. The molecule has 2 amide bonds. The Labute approximate surface area is 79.1 Å². The third-order valence-electron chi connectivity index (χ3n) is 1.76. The second-order valence-corrected chi connectivity index (χ2v) is 3.72. The van der Waals surface area contributed by atoms with Gasteiger partial charge in [0, 0.05) is 10.5 Å². The van der Waals surface area contributed by atoms with E-state index in [0.29, 0.717) is 5.57 Å². The molecule has 2 heterocycles. The van der Waals surface area contributed by atoms with Crippen molar-refractivity contribution in [2.45, 2.75) is 6.42 Å². The first-order valence-electron chi connectivity index (χ1n) is 3.84. The largest absolute Gasteiger partial charge is 0.292 e. The molecular weight excluding hydrogens is 186 g/mol.